The van der Waals surface area contributed by atoms with Crippen molar-refractivity contribution < 1.29 is 0 Å². The highest BCUT2D eigenvalue weighted by atomic mass is 15.1. The van der Waals surface area contributed by atoms with Crippen LogP contribution in [0.5, 0.6) is 0 Å². The van der Waals surface area contributed by atoms with Gasteiger partial charge in [-0.05, 0) is 49.2 Å². The third-order valence-electron chi connectivity index (χ3n) is 6.42. The standard InChI is InChI=1S/C22H32N2/c1-2-23-14-12-20(13-15-23)24-21(16-18-8-4-3-5-9-18)17-19-10-6-7-11-22(19)24/h6-7,10-11,17-18,20H,2-5,8-9,12-16H2,1H3. The molecule has 2 heterocycles. The molecule has 0 atom stereocenters. The predicted molar refractivity (Wildman–Crippen MR) is 103 cm³/mol. The largest absolute Gasteiger partial charge is 0.341 e. The molecule has 0 bridgehead atoms. The number of benzene rings is 1. The Balaban J connectivity index is 1.63. The van der Waals surface area contributed by atoms with Gasteiger partial charge in [0.15, 0.2) is 0 Å². The molecule has 4 rings (SSSR count). The van der Waals surface area contributed by atoms with Gasteiger partial charge in [-0.2, -0.15) is 0 Å². The molecular weight excluding hydrogens is 292 g/mol. The number of aromatic nitrogens is 1. The van der Waals surface area contributed by atoms with Crippen LogP contribution in [0.25, 0.3) is 10.9 Å². The molecular formula is C22H32N2. The van der Waals surface area contributed by atoms with Crippen LogP contribution in [0.15, 0.2) is 30.3 Å². The molecule has 1 saturated carbocycles. The summed E-state index contributed by atoms with van der Waals surface area (Å²) < 4.78 is 2.73. The van der Waals surface area contributed by atoms with E-state index in [2.05, 4.69) is 46.7 Å². The molecule has 130 valence electrons. The monoisotopic (exact) mass is 324 g/mol. The molecule has 2 aromatic rings. The first-order valence-corrected chi connectivity index (χ1v) is 10.2. The molecule has 2 fully saturated rings. The number of fused-ring (bicyclic) bond motifs is 1. The molecule has 0 spiro atoms. The van der Waals surface area contributed by atoms with Gasteiger partial charge in [-0.15, -0.1) is 0 Å². The van der Waals surface area contributed by atoms with Crippen LogP contribution >= 0.6 is 0 Å². The first-order chi connectivity index (χ1) is 11.8. The van der Waals surface area contributed by atoms with E-state index in [4.69, 9.17) is 0 Å². The van der Waals surface area contributed by atoms with E-state index in [1.807, 2.05) is 0 Å². The van der Waals surface area contributed by atoms with E-state index in [0.29, 0.717) is 6.04 Å². The number of likely N-dealkylation sites (tertiary alicyclic amines) is 1. The van der Waals surface area contributed by atoms with Gasteiger partial charge in [0.1, 0.15) is 0 Å². The molecule has 2 nitrogen and oxygen atoms in total. The minimum atomic E-state index is 0.700. The van der Waals surface area contributed by atoms with Gasteiger partial charge in [-0.25, -0.2) is 0 Å². The van der Waals surface area contributed by atoms with E-state index in [9.17, 15) is 0 Å². The highest BCUT2D eigenvalue weighted by molar-refractivity contribution is 5.81. The summed E-state index contributed by atoms with van der Waals surface area (Å²) in [6, 6.07) is 12.2. The van der Waals surface area contributed by atoms with Crippen molar-refractivity contribution in [1.29, 1.82) is 0 Å². The number of para-hydroxylation sites is 1. The van der Waals surface area contributed by atoms with Crippen LogP contribution in [0.3, 0.4) is 0 Å². The number of hydrogen-bond acceptors (Lipinski definition) is 1. The summed E-state index contributed by atoms with van der Waals surface area (Å²) in [5.74, 6) is 0.914. The third-order valence-corrected chi connectivity index (χ3v) is 6.42. The van der Waals surface area contributed by atoms with Gasteiger partial charge >= 0.3 is 0 Å². The summed E-state index contributed by atoms with van der Waals surface area (Å²) in [5.41, 5.74) is 3.08. The third kappa shape index (κ3) is 3.26. The Morgan fingerprint density at radius 2 is 1.71 bits per heavy atom. The molecule has 0 N–H and O–H groups in total. The molecule has 1 aliphatic heterocycles. The summed E-state index contributed by atoms with van der Waals surface area (Å²) >= 11 is 0. The van der Waals surface area contributed by atoms with E-state index < -0.39 is 0 Å². The van der Waals surface area contributed by atoms with E-state index in [0.717, 1.165) is 5.92 Å². The zero-order chi connectivity index (χ0) is 16.4. The summed E-state index contributed by atoms with van der Waals surface area (Å²) in [7, 11) is 0. The van der Waals surface area contributed by atoms with Crippen LogP contribution < -0.4 is 0 Å². The van der Waals surface area contributed by atoms with Gasteiger partial charge in [0.2, 0.25) is 0 Å². The van der Waals surface area contributed by atoms with Crippen molar-refractivity contribution in [2.75, 3.05) is 19.6 Å². The van der Waals surface area contributed by atoms with Gasteiger partial charge in [0.25, 0.3) is 0 Å². The summed E-state index contributed by atoms with van der Waals surface area (Å²) in [6.07, 6.45) is 11.1. The summed E-state index contributed by atoms with van der Waals surface area (Å²) in [6.45, 7) is 6.01. The van der Waals surface area contributed by atoms with Gasteiger partial charge in [0, 0.05) is 30.3 Å². The van der Waals surface area contributed by atoms with Crippen molar-refractivity contribution in [3.05, 3.63) is 36.0 Å². The second-order valence-electron chi connectivity index (χ2n) is 7.94. The number of hydrogen-bond donors (Lipinski definition) is 0. The molecule has 2 aliphatic rings. The molecule has 1 saturated heterocycles. The van der Waals surface area contributed by atoms with Gasteiger partial charge < -0.3 is 9.47 Å². The summed E-state index contributed by atoms with van der Waals surface area (Å²) in [5, 5.41) is 1.45. The van der Waals surface area contributed by atoms with Crippen molar-refractivity contribution in [3.8, 4) is 0 Å². The Bertz CT molecular complexity index is 658. The Labute approximate surface area is 146 Å². The Morgan fingerprint density at radius 3 is 2.46 bits per heavy atom. The maximum Gasteiger partial charge on any atom is 0.0485 e. The van der Waals surface area contributed by atoms with Gasteiger partial charge in [-0.3, -0.25) is 0 Å². The number of rotatable bonds is 4. The molecule has 24 heavy (non-hydrogen) atoms. The number of piperidine rings is 1. The van der Waals surface area contributed by atoms with E-state index in [1.54, 1.807) is 5.69 Å². The lowest BCUT2D eigenvalue weighted by Crippen LogP contribution is -2.34. The van der Waals surface area contributed by atoms with Crippen LogP contribution in [0, 0.1) is 5.92 Å². The van der Waals surface area contributed by atoms with Crippen molar-refractivity contribution >= 4 is 10.9 Å². The minimum absolute atomic E-state index is 0.700. The SMILES string of the molecule is CCN1CCC(n2c(CC3CCCCC3)cc3ccccc32)CC1. The minimum Gasteiger partial charge on any atom is -0.341 e. The summed E-state index contributed by atoms with van der Waals surface area (Å²) in [4.78, 5) is 2.60. The average molecular weight is 325 g/mol. The Hall–Kier alpha value is -1.28. The van der Waals surface area contributed by atoms with Crippen molar-refractivity contribution in [2.45, 2.75) is 64.3 Å². The fraction of sp³-hybridized carbons (Fsp3) is 0.636. The maximum atomic E-state index is 2.73. The molecule has 1 aliphatic carbocycles. The van der Waals surface area contributed by atoms with Crippen LogP contribution in [-0.2, 0) is 6.42 Å². The normalized spacial score (nSPS) is 21.5. The second kappa shape index (κ2) is 7.31. The van der Waals surface area contributed by atoms with Crippen molar-refractivity contribution in [1.82, 2.24) is 9.47 Å². The van der Waals surface area contributed by atoms with Crippen LogP contribution in [-0.4, -0.2) is 29.1 Å². The molecule has 2 heteroatoms. The van der Waals surface area contributed by atoms with E-state index in [-0.39, 0.29) is 0 Å². The van der Waals surface area contributed by atoms with Gasteiger partial charge in [-0.1, -0.05) is 57.2 Å². The Kier molecular flexibility index (Phi) is 4.93. The number of nitrogens with zero attached hydrogens (tertiary/aromatic N) is 2. The topological polar surface area (TPSA) is 8.17 Å². The molecule has 0 radical (unpaired) electrons. The highest BCUT2D eigenvalue weighted by Crippen LogP contribution is 2.34. The lowest BCUT2D eigenvalue weighted by Gasteiger charge is -2.34. The fourth-order valence-electron chi connectivity index (χ4n) is 5.00. The molecule has 0 unspecified atom stereocenters. The molecule has 1 aromatic carbocycles. The predicted octanol–water partition coefficient (Wildman–Crippen LogP) is 5.42. The lowest BCUT2D eigenvalue weighted by molar-refractivity contribution is 0.194. The highest BCUT2D eigenvalue weighted by Gasteiger charge is 2.24. The van der Waals surface area contributed by atoms with Crippen LogP contribution in [0.2, 0.25) is 0 Å². The van der Waals surface area contributed by atoms with Crippen LogP contribution in [0.1, 0.15) is 63.6 Å². The zero-order valence-corrected chi connectivity index (χ0v) is 15.2. The molecule has 1 aromatic heterocycles. The van der Waals surface area contributed by atoms with Crippen molar-refractivity contribution in [2.24, 2.45) is 5.92 Å². The Morgan fingerprint density at radius 1 is 0.958 bits per heavy atom. The van der Waals surface area contributed by atoms with E-state index in [1.165, 1.54) is 81.9 Å². The lowest BCUT2D eigenvalue weighted by atomic mass is 9.86. The first-order valence-electron chi connectivity index (χ1n) is 10.2. The zero-order valence-electron chi connectivity index (χ0n) is 15.2. The quantitative estimate of drug-likeness (QED) is 0.729. The van der Waals surface area contributed by atoms with Crippen LogP contribution in [0.4, 0.5) is 0 Å². The van der Waals surface area contributed by atoms with Crippen molar-refractivity contribution in [3.63, 3.8) is 0 Å². The smallest absolute Gasteiger partial charge is 0.0485 e. The van der Waals surface area contributed by atoms with Gasteiger partial charge in [0.05, 0.1) is 0 Å². The maximum absolute atomic E-state index is 2.73. The fourth-order valence-corrected chi connectivity index (χ4v) is 5.00. The average Bonchev–Trinajstić information content (AvgIpc) is 3.00. The van der Waals surface area contributed by atoms with E-state index >= 15 is 0 Å². The second-order valence-corrected chi connectivity index (χ2v) is 7.94. The molecule has 0 amide bonds. The first kappa shape index (κ1) is 16.2.